The SMILES string of the molecule is Cc1sc(C(=O)NN)cc1CSc1ccc([N+](=O)[O-])cc1. The van der Waals surface area contributed by atoms with Crippen LogP contribution >= 0.6 is 23.1 Å². The van der Waals surface area contributed by atoms with Crippen LogP contribution in [0.4, 0.5) is 5.69 Å². The number of non-ortho nitro benzene ring substituents is 1. The zero-order valence-electron chi connectivity index (χ0n) is 11.2. The molecule has 8 heteroatoms. The third-order valence-corrected chi connectivity index (χ3v) is 4.97. The van der Waals surface area contributed by atoms with Crippen LogP contribution in [-0.2, 0) is 5.75 Å². The van der Waals surface area contributed by atoms with Crippen LogP contribution < -0.4 is 11.3 Å². The van der Waals surface area contributed by atoms with Gasteiger partial charge in [-0.1, -0.05) is 0 Å². The first-order valence-corrected chi connectivity index (χ1v) is 7.79. The number of hydrazine groups is 1. The lowest BCUT2D eigenvalue weighted by atomic mass is 10.3. The lowest BCUT2D eigenvalue weighted by molar-refractivity contribution is -0.384. The monoisotopic (exact) mass is 323 g/mol. The van der Waals surface area contributed by atoms with Crippen molar-refractivity contribution in [2.75, 3.05) is 0 Å². The number of rotatable bonds is 5. The Morgan fingerprint density at radius 3 is 2.67 bits per heavy atom. The minimum absolute atomic E-state index is 0.0768. The van der Waals surface area contributed by atoms with Gasteiger partial charge in [0, 0.05) is 27.7 Å². The molecule has 0 atom stereocenters. The molecule has 0 saturated carbocycles. The summed E-state index contributed by atoms with van der Waals surface area (Å²) in [5.41, 5.74) is 3.25. The first kappa shape index (κ1) is 15.5. The highest BCUT2D eigenvalue weighted by Crippen LogP contribution is 2.29. The predicted octanol–water partition coefficient (Wildman–Crippen LogP) is 2.86. The fourth-order valence-corrected chi connectivity index (χ4v) is 3.66. The number of amides is 1. The molecule has 0 bridgehead atoms. The predicted molar refractivity (Wildman–Crippen MR) is 83.4 cm³/mol. The van der Waals surface area contributed by atoms with Crippen molar-refractivity contribution in [2.45, 2.75) is 17.6 Å². The van der Waals surface area contributed by atoms with E-state index in [2.05, 4.69) is 5.43 Å². The van der Waals surface area contributed by atoms with E-state index < -0.39 is 4.92 Å². The number of nitrogens with one attached hydrogen (secondary N) is 1. The maximum absolute atomic E-state index is 11.5. The van der Waals surface area contributed by atoms with Gasteiger partial charge < -0.3 is 0 Å². The number of benzene rings is 1. The summed E-state index contributed by atoms with van der Waals surface area (Å²) in [7, 11) is 0. The summed E-state index contributed by atoms with van der Waals surface area (Å²) in [6, 6.07) is 8.23. The third-order valence-electron chi connectivity index (χ3n) is 2.82. The molecule has 0 radical (unpaired) electrons. The quantitative estimate of drug-likeness (QED) is 0.290. The number of nitro benzene ring substituents is 1. The second-order valence-electron chi connectivity index (χ2n) is 4.21. The molecular formula is C13H13N3O3S2. The molecule has 0 aliphatic rings. The molecule has 0 saturated heterocycles. The van der Waals surface area contributed by atoms with E-state index in [0.717, 1.165) is 15.3 Å². The van der Waals surface area contributed by atoms with Crippen LogP contribution in [0.2, 0.25) is 0 Å². The van der Waals surface area contributed by atoms with Gasteiger partial charge in [0.05, 0.1) is 9.80 Å². The van der Waals surface area contributed by atoms with Gasteiger partial charge in [-0.15, -0.1) is 23.1 Å². The van der Waals surface area contributed by atoms with Crippen molar-refractivity contribution >= 4 is 34.7 Å². The smallest absolute Gasteiger partial charge is 0.275 e. The molecule has 1 amide bonds. The summed E-state index contributed by atoms with van der Waals surface area (Å²) in [6.45, 7) is 1.95. The van der Waals surface area contributed by atoms with Crippen molar-refractivity contribution < 1.29 is 9.72 Å². The lowest BCUT2D eigenvalue weighted by Crippen LogP contribution is -2.29. The Bertz CT molecular complexity index is 668. The van der Waals surface area contributed by atoms with E-state index in [4.69, 9.17) is 5.84 Å². The van der Waals surface area contributed by atoms with Crippen molar-refractivity contribution in [1.29, 1.82) is 0 Å². The molecule has 2 aromatic rings. The van der Waals surface area contributed by atoms with Crippen molar-refractivity contribution in [3.05, 3.63) is 55.8 Å². The standard InChI is InChI=1S/C13H13N3O3S2/c1-8-9(6-12(21-8)13(17)15-14)7-20-11-4-2-10(3-5-11)16(18)19/h2-6H,7,14H2,1H3,(H,15,17). The summed E-state index contributed by atoms with van der Waals surface area (Å²) in [5.74, 6) is 5.51. The first-order valence-electron chi connectivity index (χ1n) is 5.98. The fourth-order valence-electron chi connectivity index (χ4n) is 1.67. The van der Waals surface area contributed by atoms with Crippen LogP contribution in [0.25, 0.3) is 0 Å². The Hall–Kier alpha value is -1.90. The molecule has 21 heavy (non-hydrogen) atoms. The molecule has 0 aliphatic carbocycles. The summed E-state index contributed by atoms with van der Waals surface area (Å²) < 4.78 is 0. The summed E-state index contributed by atoms with van der Waals surface area (Å²) in [6.07, 6.45) is 0. The molecular weight excluding hydrogens is 310 g/mol. The Morgan fingerprint density at radius 2 is 2.10 bits per heavy atom. The van der Waals surface area contributed by atoms with Gasteiger partial charge in [-0.05, 0) is 30.7 Å². The second-order valence-corrected chi connectivity index (χ2v) is 6.51. The largest absolute Gasteiger partial charge is 0.289 e. The number of hydrogen-bond donors (Lipinski definition) is 2. The maximum Gasteiger partial charge on any atom is 0.275 e. The molecule has 6 nitrogen and oxygen atoms in total. The van der Waals surface area contributed by atoms with Crippen LogP contribution in [0.1, 0.15) is 20.1 Å². The number of carbonyl (C=O) groups is 1. The first-order chi connectivity index (χ1) is 10.0. The second kappa shape index (κ2) is 6.70. The summed E-state index contributed by atoms with van der Waals surface area (Å²) in [5, 5.41) is 10.6. The topological polar surface area (TPSA) is 98.3 Å². The average molecular weight is 323 g/mol. The number of nitrogens with two attached hydrogens (primary N) is 1. The maximum atomic E-state index is 11.5. The van der Waals surface area contributed by atoms with E-state index >= 15 is 0 Å². The Balaban J connectivity index is 2.04. The molecule has 1 aromatic heterocycles. The number of nitrogens with zero attached hydrogens (tertiary/aromatic N) is 1. The molecule has 3 N–H and O–H groups in total. The zero-order valence-corrected chi connectivity index (χ0v) is 12.8. The van der Waals surface area contributed by atoms with E-state index in [1.807, 2.05) is 13.0 Å². The zero-order chi connectivity index (χ0) is 15.4. The summed E-state index contributed by atoms with van der Waals surface area (Å²) in [4.78, 5) is 24.2. The number of nitrogen functional groups attached to an aromatic ring is 1. The Labute approximate surface area is 129 Å². The number of carbonyl (C=O) groups excluding carboxylic acids is 1. The average Bonchev–Trinajstić information content (AvgIpc) is 2.86. The van der Waals surface area contributed by atoms with Crippen molar-refractivity contribution in [3.63, 3.8) is 0 Å². The number of thioether (sulfide) groups is 1. The van der Waals surface area contributed by atoms with Crippen molar-refractivity contribution in [3.8, 4) is 0 Å². The molecule has 110 valence electrons. The minimum atomic E-state index is -0.421. The van der Waals surface area contributed by atoms with Gasteiger partial charge in [-0.25, -0.2) is 5.84 Å². The van der Waals surface area contributed by atoms with E-state index in [1.165, 1.54) is 23.5 Å². The molecule has 1 heterocycles. The van der Waals surface area contributed by atoms with Gasteiger partial charge in [0.25, 0.3) is 11.6 Å². The van der Waals surface area contributed by atoms with E-state index in [-0.39, 0.29) is 11.6 Å². The molecule has 0 fully saturated rings. The lowest BCUT2D eigenvalue weighted by Gasteiger charge is -2.01. The fraction of sp³-hybridized carbons (Fsp3) is 0.154. The van der Waals surface area contributed by atoms with Gasteiger partial charge >= 0.3 is 0 Å². The van der Waals surface area contributed by atoms with Crippen LogP contribution in [0.5, 0.6) is 0 Å². The van der Waals surface area contributed by atoms with Crippen LogP contribution in [0, 0.1) is 17.0 Å². The third kappa shape index (κ3) is 3.81. The van der Waals surface area contributed by atoms with Crippen LogP contribution in [0.3, 0.4) is 0 Å². The Morgan fingerprint density at radius 1 is 1.43 bits per heavy atom. The van der Waals surface area contributed by atoms with Gasteiger partial charge in [-0.2, -0.15) is 0 Å². The molecule has 0 aliphatic heterocycles. The normalized spacial score (nSPS) is 10.4. The van der Waals surface area contributed by atoms with Gasteiger partial charge in [0.15, 0.2) is 0 Å². The molecule has 0 spiro atoms. The highest BCUT2D eigenvalue weighted by atomic mass is 32.2. The molecule has 0 unspecified atom stereocenters. The van der Waals surface area contributed by atoms with E-state index in [1.54, 1.807) is 23.9 Å². The van der Waals surface area contributed by atoms with Crippen molar-refractivity contribution in [2.24, 2.45) is 5.84 Å². The van der Waals surface area contributed by atoms with E-state index in [9.17, 15) is 14.9 Å². The highest BCUT2D eigenvalue weighted by molar-refractivity contribution is 7.98. The van der Waals surface area contributed by atoms with Crippen LogP contribution in [0.15, 0.2) is 35.2 Å². The highest BCUT2D eigenvalue weighted by Gasteiger charge is 2.12. The van der Waals surface area contributed by atoms with Crippen molar-refractivity contribution in [1.82, 2.24) is 5.43 Å². The van der Waals surface area contributed by atoms with Gasteiger partial charge in [0.1, 0.15) is 0 Å². The van der Waals surface area contributed by atoms with Gasteiger partial charge in [0.2, 0.25) is 0 Å². The Kier molecular flexibility index (Phi) is 4.94. The minimum Gasteiger partial charge on any atom is -0.289 e. The molecule has 2 rings (SSSR count). The molecule has 1 aromatic carbocycles. The summed E-state index contributed by atoms with van der Waals surface area (Å²) >= 11 is 2.96. The number of hydrogen-bond acceptors (Lipinski definition) is 6. The number of aryl methyl sites for hydroxylation is 1. The number of thiophene rings is 1. The number of nitro groups is 1. The van der Waals surface area contributed by atoms with Crippen LogP contribution in [-0.4, -0.2) is 10.8 Å². The van der Waals surface area contributed by atoms with Gasteiger partial charge in [-0.3, -0.25) is 20.3 Å². The van der Waals surface area contributed by atoms with E-state index in [0.29, 0.717) is 10.6 Å².